The zero-order valence-electron chi connectivity index (χ0n) is 74.2. The first kappa shape index (κ1) is 142. The Balaban J connectivity index is -0.0000000428. The second-order valence-corrected chi connectivity index (χ2v) is 28.8. The molecule has 0 aromatic carbocycles. The molecule has 2 unspecified atom stereocenters. The lowest BCUT2D eigenvalue weighted by atomic mass is 10.1. The van der Waals surface area contributed by atoms with Crippen LogP contribution in [0.15, 0.2) is 0 Å². The first-order chi connectivity index (χ1) is 43.6. The summed E-state index contributed by atoms with van der Waals surface area (Å²) in [6.45, 7) is 83.2. The zero-order valence-corrected chi connectivity index (χ0v) is 74.2. The van der Waals surface area contributed by atoms with Crippen molar-refractivity contribution in [2.45, 2.75) is 500 Å². The van der Waals surface area contributed by atoms with Crippen LogP contribution in [0.1, 0.15) is 458 Å². The maximum Gasteiger partial charge on any atom is 0.391 e. The molecule has 0 nitrogen and oxygen atoms in total. The van der Waals surface area contributed by atoms with Gasteiger partial charge in [0.1, 0.15) is 5.67 Å². The summed E-state index contributed by atoms with van der Waals surface area (Å²) in [6.07, 6.45) is 14.9. The maximum absolute atomic E-state index is 12.1. The van der Waals surface area contributed by atoms with Crippen molar-refractivity contribution < 1.29 is 61.5 Å². The van der Waals surface area contributed by atoms with Crippen LogP contribution < -0.4 is 0 Å². The lowest BCUT2D eigenvalue weighted by molar-refractivity contribution is -0.170. The van der Waals surface area contributed by atoms with E-state index in [-0.39, 0.29) is 32.1 Å². The fraction of sp³-hybridized carbons (Fsp3) is 1.00. The Morgan fingerprint density at radius 3 is 0.443 bits per heavy atom. The van der Waals surface area contributed by atoms with E-state index in [9.17, 15) is 61.5 Å². The molecule has 0 aromatic heterocycles. The molecule has 0 bridgehead atoms. The van der Waals surface area contributed by atoms with Crippen LogP contribution >= 0.6 is 0 Å². The van der Waals surface area contributed by atoms with Gasteiger partial charge in [-0.05, 0) is 89.4 Å². The molecular formula is C83H188F14. The van der Waals surface area contributed by atoms with E-state index >= 15 is 0 Å². The Morgan fingerprint density at radius 2 is 0.443 bits per heavy atom. The Hall–Kier alpha value is -0.980. The lowest BCUT2D eigenvalue weighted by Crippen LogP contribution is -2.18. The fourth-order valence-corrected chi connectivity index (χ4v) is 2.82. The van der Waals surface area contributed by atoms with Crippen LogP contribution in [-0.4, -0.2) is 42.0 Å². The third-order valence-corrected chi connectivity index (χ3v) is 10.8. The fourth-order valence-electron chi connectivity index (χ4n) is 2.82. The summed E-state index contributed by atoms with van der Waals surface area (Å²) >= 11 is 0. The SMILES string of the molecule is CC(C)C.CC(C)C.CC(C)C.CC(C)C(F)(F)F.CCC.CCC(C)(C)F.CCC(C)C.CCC(C)C.CCC(C)C.CCC(C)C(F)(F)F.CCC(F)(F)CC.CCCC.CCCC(C)(F)F.CCCC(C)(F)F.CCCC(C)F.CCCCC.CCCCC.CCCCC. The molecule has 0 fully saturated rings. The number of hydrogen-bond acceptors (Lipinski definition) is 0. The molecule has 0 aromatic rings. The van der Waals surface area contributed by atoms with E-state index in [1.807, 2.05) is 13.8 Å². The molecule has 97 heavy (non-hydrogen) atoms. The van der Waals surface area contributed by atoms with E-state index in [1.54, 1.807) is 34.6 Å². The molecule has 0 radical (unpaired) electrons. The first-order valence-electron chi connectivity index (χ1n) is 39.2. The highest BCUT2D eigenvalue weighted by Gasteiger charge is 2.34. The van der Waals surface area contributed by atoms with Gasteiger partial charge in [0, 0.05) is 31.6 Å². The second kappa shape index (κ2) is 111. The topological polar surface area (TPSA) is 0 Å². The van der Waals surface area contributed by atoms with Crippen molar-refractivity contribution in [3.05, 3.63) is 0 Å². The summed E-state index contributed by atoms with van der Waals surface area (Å²) in [4.78, 5) is 0. The van der Waals surface area contributed by atoms with Crippen LogP contribution in [0.4, 0.5) is 61.5 Å². The number of unbranched alkanes of at least 4 members (excludes halogenated alkanes) is 7. The van der Waals surface area contributed by atoms with Gasteiger partial charge in [-0.1, -0.05) is 379 Å². The van der Waals surface area contributed by atoms with Gasteiger partial charge in [-0.15, -0.1) is 0 Å². The molecule has 0 heterocycles. The summed E-state index contributed by atoms with van der Waals surface area (Å²) in [7, 11) is 0. The smallest absolute Gasteiger partial charge is 0.248 e. The Labute approximate surface area is 606 Å². The minimum atomic E-state index is -4.00. The second-order valence-electron chi connectivity index (χ2n) is 28.8. The first-order valence-corrected chi connectivity index (χ1v) is 39.2. The van der Waals surface area contributed by atoms with Crippen LogP contribution in [0.3, 0.4) is 0 Å². The molecule has 14 heteroatoms. The molecule has 0 saturated heterocycles. The quantitative estimate of drug-likeness (QED) is 0.107. The molecule has 0 aliphatic carbocycles. The number of hydrogen-bond donors (Lipinski definition) is 0. The van der Waals surface area contributed by atoms with Crippen LogP contribution in [-0.2, 0) is 0 Å². The summed E-state index contributed by atoms with van der Waals surface area (Å²) in [5, 5.41) is 0. The largest absolute Gasteiger partial charge is 0.391 e. The Kier molecular flexibility index (Phi) is 163. The van der Waals surface area contributed by atoms with Crippen LogP contribution in [0.2, 0.25) is 0 Å². The summed E-state index contributed by atoms with van der Waals surface area (Å²) in [6, 6.07) is 0. The van der Waals surface area contributed by atoms with Gasteiger partial charge in [-0.2, -0.15) is 26.3 Å². The minimum absolute atomic E-state index is 0.00694. The maximum atomic E-state index is 12.1. The van der Waals surface area contributed by atoms with Gasteiger partial charge in [0.15, 0.2) is 0 Å². The average molecular weight is 1450 g/mol. The van der Waals surface area contributed by atoms with Gasteiger partial charge in [0.05, 0.1) is 12.1 Å². The van der Waals surface area contributed by atoms with E-state index < -0.39 is 53.8 Å². The molecule has 0 rings (SSSR count). The zero-order chi connectivity index (χ0) is 82.9. The van der Waals surface area contributed by atoms with E-state index in [4.69, 9.17) is 0 Å². The third-order valence-electron chi connectivity index (χ3n) is 10.8. The molecule has 0 spiro atoms. The number of alkyl halides is 14. The van der Waals surface area contributed by atoms with Crippen molar-refractivity contribution in [3.8, 4) is 0 Å². The van der Waals surface area contributed by atoms with Gasteiger partial charge in [-0.25, -0.2) is 35.1 Å². The normalized spacial score (nSPS) is 10.9. The van der Waals surface area contributed by atoms with Crippen LogP contribution in [0, 0.1) is 47.3 Å². The van der Waals surface area contributed by atoms with Gasteiger partial charge in [-0.3, -0.25) is 0 Å². The van der Waals surface area contributed by atoms with Crippen molar-refractivity contribution in [1.82, 2.24) is 0 Å². The monoisotopic (exact) mass is 1450 g/mol. The van der Waals surface area contributed by atoms with Crippen LogP contribution in [0.5, 0.6) is 0 Å². The Morgan fingerprint density at radius 1 is 0.268 bits per heavy atom. The summed E-state index contributed by atoms with van der Waals surface area (Å²) in [5.41, 5.74) is -0.958. The number of rotatable bonds is 20. The van der Waals surface area contributed by atoms with E-state index in [0.717, 1.165) is 69.6 Å². The molecule has 2 atom stereocenters. The average Bonchev–Trinajstić information content (AvgIpc) is 2.07. The van der Waals surface area contributed by atoms with E-state index in [1.165, 1.54) is 124 Å². The Bertz CT molecular complexity index is 1040. The molecule has 618 valence electrons. The lowest BCUT2D eigenvalue weighted by Gasteiger charge is -2.11. The van der Waals surface area contributed by atoms with Crippen molar-refractivity contribution in [2.75, 3.05) is 0 Å². The highest BCUT2D eigenvalue weighted by molar-refractivity contribution is 4.61. The van der Waals surface area contributed by atoms with Gasteiger partial charge in [0.25, 0.3) is 0 Å². The molecule has 0 aliphatic heterocycles. The molecule has 0 aliphatic rings. The van der Waals surface area contributed by atoms with Crippen LogP contribution in [0.25, 0.3) is 0 Å². The number of halogens is 14. The van der Waals surface area contributed by atoms with Crippen molar-refractivity contribution in [2.24, 2.45) is 47.3 Å². The van der Waals surface area contributed by atoms with Gasteiger partial charge < -0.3 is 0 Å². The van der Waals surface area contributed by atoms with E-state index in [0.29, 0.717) is 25.7 Å². The molecule has 0 saturated carbocycles. The molecule has 0 amide bonds. The predicted octanol–water partition coefficient (Wildman–Crippen LogP) is 37.4. The molecular weight excluding hydrogens is 1260 g/mol. The standard InChI is InChI=1S/C5H9F3.3C5H10F2.2C5H11F.6C5H12.C4H7F3.4C4H10.C3H8/c1-3-4(2)5(6,7)8;2*1-3-4-5(2,6)7;1-3-5(6,7)4-2;1-4-5(2,3)6;1-3-4-5(2)6;3*1-4-5(2)3;3*1-3-5-4-2;1-3(2)4(5,6)7;3*1-4(2)3;1-3-4-2;1-3-2/h4H,3H2,1-2H3;3*3-4H2,1-2H3;4H2,1-3H3;5H,3-4H2,1-2H3;3*5H,4H2,1-3H3;3*3-5H2,1-2H3;3H,1-2H3;3*4H,1-3H3;3-4H2,1-2H3;3H2,1-2H3. The van der Waals surface area contributed by atoms with Gasteiger partial charge >= 0.3 is 12.4 Å². The van der Waals surface area contributed by atoms with Crippen molar-refractivity contribution in [1.29, 1.82) is 0 Å². The third kappa shape index (κ3) is 388. The van der Waals surface area contributed by atoms with Crippen molar-refractivity contribution in [3.63, 3.8) is 0 Å². The highest BCUT2D eigenvalue weighted by Crippen LogP contribution is 2.27. The van der Waals surface area contributed by atoms with E-state index in [2.05, 4.69) is 194 Å². The summed E-state index contributed by atoms with van der Waals surface area (Å²) < 4.78 is 162. The highest BCUT2D eigenvalue weighted by atomic mass is 19.4. The molecule has 0 N–H and O–H groups in total. The van der Waals surface area contributed by atoms with Gasteiger partial charge in [0.2, 0.25) is 17.8 Å². The summed E-state index contributed by atoms with van der Waals surface area (Å²) in [5.74, 6) is -4.52. The minimum Gasteiger partial charge on any atom is -0.248 e. The van der Waals surface area contributed by atoms with Crippen molar-refractivity contribution >= 4 is 0 Å². The predicted molar refractivity (Wildman–Crippen MR) is 423 cm³/mol.